The molecule has 124 valence electrons. The number of para-hydroxylation sites is 1. The summed E-state index contributed by atoms with van der Waals surface area (Å²) in [5, 5.41) is 12.5. The van der Waals surface area contributed by atoms with E-state index >= 15 is 0 Å². The number of aromatic nitrogens is 3. The summed E-state index contributed by atoms with van der Waals surface area (Å²) in [6, 6.07) is 7.22. The van der Waals surface area contributed by atoms with Gasteiger partial charge in [-0.15, -0.1) is 10.2 Å². The molecule has 3 aromatic rings. The first-order valence-corrected chi connectivity index (χ1v) is 8.49. The number of carbonyl (C=O) groups excluding carboxylic acids is 1. The summed E-state index contributed by atoms with van der Waals surface area (Å²) in [6.07, 6.45) is 2.36. The Hall–Kier alpha value is -2.54. The van der Waals surface area contributed by atoms with Gasteiger partial charge in [0.05, 0.1) is 5.52 Å². The predicted octanol–water partition coefficient (Wildman–Crippen LogP) is 2.84. The summed E-state index contributed by atoms with van der Waals surface area (Å²) in [6.45, 7) is 4.19. The number of benzene rings is 1. The highest BCUT2D eigenvalue weighted by molar-refractivity contribution is 7.15. The maximum absolute atomic E-state index is 12.6. The van der Waals surface area contributed by atoms with E-state index in [2.05, 4.69) is 29.4 Å². The third kappa shape index (κ3) is 3.21. The Bertz CT molecular complexity index is 959. The van der Waals surface area contributed by atoms with Crippen LogP contribution >= 0.6 is 11.3 Å². The Morgan fingerprint density at radius 1 is 1.29 bits per heavy atom. The van der Waals surface area contributed by atoms with E-state index < -0.39 is 5.91 Å². The van der Waals surface area contributed by atoms with Crippen LogP contribution in [0, 0.1) is 5.92 Å². The van der Waals surface area contributed by atoms with Crippen molar-refractivity contribution in [3.05, 3.63) is 51.3 Å². The first kappa shape index (κ1) is 16.3. The lowest BCUT2D eigenvalue weighted by Gasteiger charge is -2.08. The maximum Gasteiger partial charge on any atom is 0.262 e. The molecule has 2 heterocycles. The van der Waals surface area contributed by atoms with Crippen molar-refractivity contribution in [3.8, 4) is 0 Å². The highest BCUT2D eigenvalue weighted by atomic mass is 32.1. The Balaban J connectivity index is 1.90. The number of nitrogens with zero attached hydrogens (tertiary/aromatic N) is 3. The van der Waals surface area contributed by atoms with Crippen molar-refractivity contribution >= 4 is 33.3 Å². The van der Waals surface area contributed by atoms with Gasteiger partial charge < -0.3 is 4.57 Å². The van der Waals surface area contributed by atoms with Crippen LogP contribution in [-0.4, -0.2) is 20.7 Å². The lowest BCUT2D eigenvalue weighted by molar-refractivity contribution is 0.102. The molecule has 0 aliphatic heterocycles. The number of anilines is 1. The molecule has 0 bridgehead atoms. The second-order valence-corrected chi connectivity index (χ2v) is 7.12. The van der Waals surface area contributed by atoms with E-state index in [1.54, 1.807) is 22.9 Å². The minimum atomic E-state index is -0.464. The van der Waals surface area contributed by atoms with Crippen molar-refractivity contribution < 1.29 is 4.79 Å². The zero-order chi connectivity index (χ0) is 17.3. The van der Waals surface area contributed by atoms with Gasteiger partial charge in [0, 0.05) is 25.1 Å². The van der Waals surface area contributed by atoms with Crippen molar-refractivity contribution in [2.45, 2.75) is 20.3 Å². The fraction of sp³-hybridized carbons (Fsp3) is 0.294. The van der Waals surface area contributed by atoms with Gasteiger partial charge in [-0.1, -0.05) is 37.3 Å². The second kappa shape index (κ2) is 6.52. The first-order valence-electron chi connectivity index (χ1n) is 7.68. The summed E-state index contributed by atoms with van der Waals surface area (Å²) in [7, 11) is 1.81. The Labute approximate surface area is 143 Å². The van der Waals surface area contributed by atoms with E-state index in [1.807, 2.05) is 19.2 Å². The molecule has 0 saturated carbocycles. The molecule has 0 radical (unpaired) electrons. The number of nitrogens with one attached hydrogen (secondary N) is 1. The van der Waals surface area contributed by atoms with Crippen LogP contribution in [0.5, 0.6) is 0 Å². The molecular formula is C17H18N4O2S. The molecule has 0 spiro atoms. The number of carbonyl (C=O) groups is 1. The maximum atomic E-state index is 12.6. The molecule has 2 aromatic heterocycles. The van der Waals surface area contributed by atoms with Gasteiger partial charge in [0.2, 0.25) is 10.6 Å². The summed E-state index contributed by atoms with van der Waals surface area (Å²) < 4.78 is 1.77. The van der Waals surface area contributed by atoms with E-state index in [0.717, 1.165) is 16.9 Å². The molecule has 6 nitrogen and oxygen atoms in total. The molecule has 1 N–H and O–H groups in total. The molecule has 0 fully saturated rings. The Morgan fingerprint density at radius 2 is 2.04 bits per heavy atom. The molecule has 1 amide bonds. The van der Waals surface area contributed by atoms with E-state index in [-0.39, 0.29) is 11.0 Å². The third-order valence-electron chi connectivity index (χ3n) is 3.61. The van der Waals surface area contributed by atoms with Crippen LogP contribution in [0.3, 0.4) is 0 Å². The molecule has 3 rings (SSSR count). The van der Waals surface area contributed by atoms with Crippen LogP contribution in [-0.2, 0) is 13.5 Å². The molecule has 24 heavy (non-hydrogen) atoms. The van der Waals surface area contributed by atoms with Crippen LogP contribution in [0.2, 0.25) is 0 Å². The van der Waals surface area contributed by atoms with E-state index in [0.29, 0.717) is 16.4 Å². The number of hydrogen-bond donors (Lipinski definition) is 1. The number of fused-ring (bicyclic) bond motifs is 1. The number of aryl methyl sites for hydroxylation is 1. The molecule has 0 atom stereocenters. The minimum Gasteiger partial charge on any atom is -0.350 e. The molecule has 0 aliphatic carbocycles. The molecule has 0 saturated heterocycles. The van der Waals surface area contributed by atoms with Crippen LogP contribution in [0.25, 0.3) is 10.9 Å². The monoisotopic (exact) mass is 342 g/mol. The summed E-state index contributed by atoms with van der Waals surface area (Å²) in [5.41, 5.74) is 0.596. The smallest absolute Gasteiger partial charge is 0.262 e. The third-order valence-corrected chi connectivity index (χ3v) is 4.47. The fourth-order valence-corrected chi connectivity index (χ4v) is 3.45. The average molecular weight is 342 g/mol. The quantitative estimate of drug-likeness (QED) is 0.791. The van der Waals surface area contributed by atoms with E-state index in [9.17, 15) is 9.59 Å². The average Bonchev–Trinajstić information content (AvgIpc) is 2.97. The largest absolute Gasteiger partial charge is 0.350 e. The molecule has 0 aliphatic rings. The molecule has 7 heteroatoms. The van der Waals surface area contributed by atoms with Crippen molar-refractivity contribution in [1.82, 2.24) is 14.8 Å². The number of rotatable bonds is 4. The number of pyridine rings is 1. The van der Waals surface area contributed by atoms with Gasteiger partial charge in [-0.3, -0.25) is 14.9 Å². The van der Waals surface area contributed by atoms with Gasteiger partial charge in [0.25, 0.3) is 5.91 Å². The SMILES string of the molecule is CC(C)Cc1nnc(NC(=O)c2cn(C)c3ccccc3c2=O)s1. The van der Waals surface area contributed by atoms with Gasteiger partial charge in [-0.05, 0) is 18.1 Å². The normalized spacial score (nSPS) is 11.2. The zero-order valence-electron chi connectivity index (χ0n) is 13.7. The van der Waals surface area contributed by atoms with Gasteiger partial charge >= 0.3 is 0 Å². The Kier molecular flexibility index (Phi) is 4.44. The lowest BCUT2D eigenvalue weighted by atomic mass is 10.1. The number of hydrogen-bond acceptors (Lipinski definition) is 5. The molecule has 0 unspecified atom stereocenters. The first-order chi connectivity index (χ1) is 11.5. The summed E-state index contributed by atoms with van der Waals surface area (Å²) in [5.74, 6) is 0.00267. The predicted molar refractivity (Wildman–Crippen MR) is 95.6 cm³/mol. The lowest BCUT2D eigenvalue weighted by Crippen LogP contribution is -2.23. The van der Waals surface area contributed by atoms with Crippen molar-refractivity contribution in [3.63, 3.8) is 0 Å². The second-order valence-electron chi connectivity index (χ2n) is 6.05. The number of amides is 1. The van der Waals surface area contributed by atoms with Crippen molar-refractivity contribution in [2.24, 2.45) is 13.0 Å². The minimum absolute atomic E-state index is 0.0943. The van der Waals surface area contributed by atoms with Gasteiger partial charge in [-0.2, -0.15) is 0 Å². The topological polar surface area (TPSA) is 76.9 Å². The van der Waals surface area contributed by atoms with Crippen molar-refractivity contribution in [1.29, 1.82) is 0 Å². The summed E-state index contributed by atoms with van der Waals surface area (Å²) >= 11 is 1.33. The van der Waals surface area contributed by atoms with Crippen LogP contribution < -0.4 is 10.7 Å². The zero-order valence-corrected chi connectivity index (χ0v) is 14.6. The fourth-order valence-electron chi connectivity index (χ4n) is 2.50. The van der Waals surface area contributed by atoms with Gasteiger partial charge in [-0.25, -0.2) is 0 Å². The highest BCUT2D eigenvalue weighted by Crippen LogP contribution is 2.19. The summed E-state index contributed by atoms with van der Waals surface area (Å²) in [4.78, 5) is 25.0. The van der Waals surface area contributed by atoms with Crippen molar-refractivity contribution in [2.75, 3.05) is 5.32 Å². The highest BCUT2D eigenvalue weighted by Gasteiger charge is 2.16. The van der Waals surface area contributed by atoms with Gasteiger partial charge in [0.15, 0.2) is 0 Å². The van der Waals surface area contributed by atoms with Crippen LogP contribution in [0.1, 0.15) is 29.2 Å². The van der Waals surface area contributed by atoms with E-state index in [4.69, 9.17) is 0 Å². The standard InChI is InChI=1S/C17H18N4O2S/c1-10(2)8-14-19-20-17(24-14)18-16(23)12-9-21(3)13-7-5-4-6-11(13)15(12)22/h4-7,9-10H,8H2,1-3H3,(H,18,20,23). The molecular weight excluding hydrogens is 324 g/mol. The van der Waals surface area contributed by atoms with E-state index in [1.165, 1.54) is 11.3 Å². The molecule has 1 aromatic carbocycles. The Morgan fingerprint density at radius 3 is 2.79 bits per heavy atom. The van der Waals surface area contributed by atoms with Crippen LogP contribution in [0.15, 0.2) is 35.3 Å². The van der Waals surface area contributed by atoms with Gasteiger partial charge in [0.1, 0.15) is 10.6 Å². The van der Waals surface area contributed by atoms with Crippen LogP contribution in [0.4, 0.5) is 5.13 Å².